The zero-order valence-electron chi connectivity index (χ0n) is 10.9. The molecule has 0 amide bonds. The molecule has 1 unspecified atom stereocenters. The number of rotatable bonds is 4. The molecule has 0 spiro atoms. The molecule has 1 aromatic heterocycles. The second-order valence-electron chi connectivity index (χ2n) is 5.08. The first-order chi connectivity index (χ1) is 8.43. The van der Waals surface area contributed by atoms with E-state index < -0.39 is 0 Å². The second kappa shape index (κ2) is 4.92. The average molecular weight is 268 g/mol. The Morgan fingerprint density at radius 3 is 2.78 bits per heavy atom. The molecule has 0 saturated carbocycles. The van der Waals surface area contributed by atoms with Gasteiger partial charge in [-0.2, -0.15) is 0 Å². The van der Waals surface area contributed by atoms with Crippen LogP contribution in [0.1, 0.15) is 32.1 Å². The molecule has 0 radical (unpaired) electrons. The summed E-state index contributed by atoms with van der Waals surface area (Å²) in [5.74, 6) is 0.739. The molecule has 4 heteroatoms. The summed E-state index contributed by atoms with van der Waals surface area (Å²) in [7, 11) is 1.68. The summed E-state index contributed by atoms with van der Waals surface area (Å²) in [6.07, 6.45) is 0.681. The number of ether oxygens (including phenoxy) is 1. The van der Waals surface area contributed by atoms with E-state index in [1.54, 1.807) is 7.11 Å². The molecular formula is C14H18ClNO2. The smallest absolute Gasteiger partial charge is 0.152 e. The van der Waals surface area contributed by atoms with Crippen LogP contribution >= 0.6 is 11.6 Å². The summed E-state index contributed by atoms with van der Waals surface area (Å²) in [5.41, 5.74) is 6.57. The van der Waals surface area contributed by atoms with E-state index in [-0.39, 0.29) is 11.6 Å². The molecule has 2 aromatic rings. The van der Waals surface area contributed by atoms with Crippen molar-refractivity contribution in [2.45, 2.75) is 31.9 Å². The Bertz CT molecular complexity index is 548. The van der Waals surface area contributed by atoms with Gasteiger partial charge in [0.2, 0.25) is 0 Å². The van der Waals surface area contributed by atoms with Crippen LogP contribution in [0.15, 0.2) is 28.7 Å². The number of nitrogens with two attached hydrogens (primary N) is 1. The van der Waals surface area contributed by atoms with Crippen LogP contribution < -0.4 is 5.73 Å². The first-order valence-corrected chi connectivity index (χ1v) is 6.29. The molecular weight excluding hydrogens is 250 g/mol. The second-order valence-corrected chi connectivity index (χ2v) is 5.49. The molecule has 2 rings (SSSR count). The fourth-order valence-electron chi connectivity index (χ4n) is 1.94. The van der Waals surface area contributed by atoms with Gasteiger partial charge in [0.25, 0.3) is 0 Å². The molecule has 0 fully saturated rings. The zero-order chi connectivity index (χ0) is 13.3. The largest absolute Gasteiger partial charge is 0.458 e. The van der Waals surface area contributed by atoms with Crippen LogP contribution in [0.5, 0.6) is 0 Å². The van der Waals surface area contributed by atoms with Crippen LogP contribution in [0.4, 0.5) is 0 Å². The van der Waals surface area contributed by atoms with Crippen molar-refractivity contribution < 1.29 is 9.15 Å². The topological polar surface area (TPSA) is 48.4 Å². The van der Waals surface area contributed by atoms with Gasteiger partial charge in [-0.3, -0.25) is 0 Å². The number of hydrogen-bond acceptors (Lipinski definition) is 3. The van der Waals surface area contributed by atoms with Gasteiger partial charge in [-0.05, 0) is 32.4 Å². The van der Waals surface area contributed by atoms with Crippen molar-refractivity contribution >= 4 is 22.6 Å². The Kier molecular flexibility index (Phi) is 3.66. The lowest BCUT2D eigenvalue weighted by atomic mass is 9.98. The average Bonchev–Trinajstić information content (AvgIpc) is 2.74. The van der Waals surface area contributed by atoms with E-state index in [1.807, 2.05) is 38.1 Å². The van der Waals surface area contributed by atoms with Crippen LogP contribution in [0.3, 0.4) is 0 Å². The van der Waals surface area contributed by atoms with E-state index in [4.69, 9.17) is 26.5 Å². The standard InChI is InChI=1S/C14H18ClNO2/c1-14(2,17-3)8-11(16)12-7-9-5-4-6-10(15)13(9)18-12/h4-7,11H,8,16H2,1-3H3. The van der Waals surface area contributed by atoms with E-state index in [0.717, 1.165) is 11.1 Å². The number of furan rings is 1. The highest BCUT2D eigenvalue weighted by Gasteiger charge is 2.23. The van der Waals surface area contributed by atoms with Crippen molar-refractivity contribution in [2.24, 2.45) is 5.73 Å². The van der Waals surface area contributed by atoms with Gasteiger partial charge in [0, 0.05) is 12.5 Å². The summed E-state index contributed by atoms with van der Waals surface area (Å²) < 4.78 is 11.1. The Morgan fingerprint density at radius 2 is 2.17 bits per heavy atom. The molecule has 0 aliphatic heterocycles. The lowest BCUT2D eigenvalue weighted by Gasteiger charge is -2.25. The van der Waals surface area contributed by atoms with Gasteiger partial charge in [0.05, 0.1) is 16.7 Å². The molecule has 1 heterocycles. The number of para-hydroxylation sites is 1. The van der Waals surface area contributed by atoms with Gasteiger partial charge in [0.15, 0.2) is 5.58 Å². The number of halogens is 1. The minimum atomic E-state index is -0.276. The minimum Gasteiger partial charge on any atom is -0.458 e. The van der Waals surface area contributed by atoms with E-state index in [1.165, 1.54) is 0 Å². The maximum Gasteiger partial charge on any atom is 0.152 e. The van der Waals surface area contributed by atoms with Crippen molar-refractivity contribution in [3.8, 4) is 0 Å². The third-order valence-electron chi connectivity index (χ3n) is 3.14. The zero-order valence-corrected chi connectivity index (χ0v) is 11.6. The number of methoxy groups -OCH3 is 1. The molecule has 0 aliphatic rings. The molecule has 0 saturated heterocycles. The highest BCUT2D eigenvalue weighted by molar-refractivity contribution is 6.34. The van der Waals surface area contributed by atoms with Crippen LogP contribution in [-0.4, -0.2) is 12.7 Å². The van der Waals surface area contributed by atoms with E-state index in [9.17, 15) is 0 Å². The SMILES string of the molecule is COC(C)(C)CC(N)c1cc2cccc(Cl)c2o1. The van der Waals surface area contributed by atoms with Gasteiger partial charge >= 0.3 is 0 Å². The van der Waals surface area contributed by atoms with Gasteiger partial charge in [-0.1, -0.05) is 23.7 Å². The fourth-order valence-corrected chi connectivity index (χ4v) is 2.16. The van der Waals surface area contributed by atoms with Crippen molar-refractivity contribution in [1.29, 1.82) is 0 Å². The lowest BCUT2D eigenvalue weighted by molar-refractivity contribution is 0.00854. The Labute approximate surface area is 112 Å². The van der Waals surface area contributed by atoms with Gasteiger partial charge in [0.1, 0.15) is 5.76 Å². The van der Waals surface area contributed by atoms with E-state index in [2.05, 4.69) is 0 Å². The molecule has 98 valence electrons. The Hall–Kier alpha value is -1.03. The highest BCUT2D eigenvalue weighted by atomic mass is 35.5. The van der Waals surface area contributed by atoms with Crippen molar-refractivity contribution in [2.75, 3.05) is 7.11 Å². The lowest BCUT2D eigenvalue weighted by Crippen LogP contribution is -2.28. The third-order valence-corrected chi connectivity index (χ3v) is 3.44. The predicted octanol–water partition coefficient (Wildman–Crippen LogP) is 3.90. The summed E-state index contributed by atoms with van der Waals surface area (Å²) >= 11 is 6.08. The van der Waals surface area contributed by atoms with Crippen LogP contribution in [0, 0.1) is 0 Å². The summed E-state index contributed by atoms with van der Waals surface area (Å²) in [6.45, 7) is 4.00. The third kappa shape index (κ3) is 2.69. The summed E-state index contributed by atoms with van der Waals surface area (Å²) in [4.78, 5) is 0. The van der Waals surface area contributed by atoms with Gasteiger partial charge in [-0.25, -0.2) is 0 Å². The quantitative estimate of drug-likeness (QED) is 0.914. The predicted molar refractivity (Wildman–Crippen MR) is 73.9 cm³/mol. The van der Waals surface area contributed by atoms with Gasteiger partial charge in [-0.15, -0.1) is 0 Å². The molecule has 18 heavy (non-hydrogen) atoms. The van der Waals surface area contributed by atoms with Crippen molar-refractivity contribution in [3.63, 3.8) is 0 Å². The number of fused-ring (bicyclic) bond motifs is 1. The maximum atomic E-state index is 6.15. The van der Waals surface area contributed by atoms with Crippen LogP contribution in [0.2, 0.25) is 5.02 Å². The highest BCUT2D eigenvalue weighted by Crippen LogP contribution is 2.31. The minimum absolute atomic E-state index is 0.205. The van der Waals surface area contributed by atoms with Crippen LogP contribution in [0.25, 0.3) is 11.0 Å². The maximum absolute atomic E-state index is 6.15. The van der Waals surface area contributed by atoms with E-state index in [0.29, 0.717) is 17.0 Å². The van der Waals surface area contributed by atoms with E-state index >= 15 is 0 Å². The normalized spacial score (nSPS) is 14.1. The van der Waals surface area contributed by atoms with Gasteiger partial charge < -0.3 is 14.9 Å². The number of benzene rings is 1. The molecule has 2 N–H and O–H groups in total. The first kappa shape index (κ1) is 13.4. The Balaban J connectivity index is 2.29. The summed E-state index contributed by atoms with van der Waals surface area (Å²) in [6, 6.07) is 7.40. The van der Waals surface area contributed by atoms with Crippen molar-refractivity contribution in [1.82, 2.24) is 0 Å². The Morgan fingerprint density at radius 1 is 1.44 bits per heavy atom. The number of hydrogen-bond donors (Lipinski definition) is 1. The van der Waals surface area contributed by atoms with Crippen LogP contribution in [-0.2, 0) is 4.74 Å². The molecule has 1 aromatic carbocycles. The molecule has 0 aliphatic carbocycles. The fraction of sp³-hybridized carbons (Fsp3) is 0.429. The molecule has 0 bridgehead atoms. The summed E-state index contributed by atoms with van der Waals surface area (Å²) in [5, 5.41) is 1.58. The molecule has 1 atom stereocenters. The molecule has 3 nitrogen and oxygen atoms in total. The monoisotopic (exact) mass is 267 g/mol. The van der Waals surface area contributed by atoms with Crippen molar-refractivity contribution in [3.05, 3.63) is 35.0 Å². The first-order valence-electron chi connectivity index (χ1n) is 5.91.